The minimum atomic E-state index is -0.302. The van der Waals surface area contributed by atoms with E-state index in [0.717, 1.165) is 24.2 Å². The molecule has 1 aromatic rings. The summed E-state index contributed by atoms with van der Waals surface area (Å²) < 4.78 is 11.0. The monoisotopic (exact) mass is 266 g/mol. The minimum absolute atomic E-state index is 0.0261. The van der Waals surface area contributed by atoms with E-state index in [9.17, 15) is 0 Å². The largest absolute Gasteiger partial charge is 0.496 e. The number of hydrogen-bond acceptors (Lipinski definition) is 4. The third kappa shape index (κ3) is 3.69. The Labute approximate surface area is 116 Å². The van der Waals surface area contributed by atoms with Crippen LogP contribution in [0.5, 0.6) is 5.75 Å². The summed E-state index contributed by atoms with van der Waals surface area (Å²) in [5, 5.41) is 0. The number of nitrogens with one attached hydrogen (secondary N) is 1. The van der Waals surface area contributed by atoms with Gasteiger partial charge in [-0.05, 0) is 38.3 Å². The van der Waals surface area contributed by atoms with E-state index in [0.29, 0.717) is 0 Å². The van der Waals surface area contributed by atoms with Gasteiger partial charge in [0, 0.05) is 7.11 Å². The zero-order valence-corrected chi connectivity index (χ0v) is 12.6. The van der Waals surface area contributed by atoms with Gasteiger partial charge in [-0.25, -0.2) is 0 Å². The molecule has 0 saturated heterocycles. The zero-order valence-electron chi connectivity index (χ0n) is 12.6. The highest BCUT2D eigenvalue weighted by Gasteiger charge is 2.32. The van der Waals surface area contributed by atoms with E-state index in [-0.39, 0.29) is 11.6 Å². The van der Waals surface area contributed by atoms with E-state index >= 15 is 0 Å². The summed E-state index contributed by atoms with van der Waals surface area (Å²) in [5.74, 6) is 6.61. The van der Waals surface area contributed by atoms with Gasteiger partial charge in [-0.15, -0.1) is 0 Å². The van der Waals surface area contributed by atoms with Crippen molar-refractivity contribution in [3.8, 4) is 5.75 Å². The molecule has 2 unspecified atom stereocenters. The molecule has 0 aromatic heterocycles. The van der Waals surface area contributed by atoms with Crippen LogP contribution in [0.1, 0.15) is 31.4 Å². The molecule has 0 spiro atoms. The highest BCUT2D eigenvalue weighted by molar-refractivity contribution is 5.37. The normalized spacial score (nSPS) is 15.9. The van der Waals surface area contributed by atoms with Crippen molar-refractivity contribution in [3.05, 3.63) is 29.3 Å². The predicted molar refractivity (Wildman–Crippen MR) is 78.3 cm³/mol. The molecule has 0 heterocycles. The van der Waals surface area contributed by atoms with Crippen molar-refractivity contribution in [3.63, 3.8) is 0 Å². The average molecular weight is 266 g/mol. The lowest BCUT2D eigenvalue weighted by molar-refractivity contribution is -0.0289. The summed E-state index contributed by atoms with van der Waals surface area (Å²) in [6.07, 6.45) is 1.64. The molecular weight excluding hydrogens is 240 g/mol. The van der Waals surface area contributed by atoms with Gasteiger partial charge in [-0.2, -0.15) is 0 Å². The lowest BCUT2D eigenvalue weighted by Gasteiger charge is -2.35. The molecule has 4 nitrogen and oxygen atoms in total. The number of hydrazine groups is 1. The zero-order chi connectivity index (χ0) is 14.5. The third-order valence-corrected chi connectivity index (χ3v) is 3.97. The number of aryl methyl sites for hydroxylation is 1. The predicted octanol–water partition coefficient (Wildman–Crippen LogP) is 2.19. The smallest absolute Gasteiger partial charge is 0.122 e. The van der Waals surface area contributed by atoms with Gasteiger partial charge in [0.1, 0.15) is 5.75 Å². The SMILES string of the molecule is CCC(C)(OC)C(Cc1cc(C)ccc1OC)NN. The molecule has 0 aliphatic rings. The molecule has 19 heavy (non-hydrogen) atoms. The Morgan fingerprint density at radius 3 is 2.53 bits per heavy atom. The molecule has 0 aliphatic carbocycles. The topological polar surface area (TPSA) is 56.5 Å². The molecule has 4 heteroatoms. The van der Waals surface area contributed by atoms with Crippen molar-refractivity contribution >= 4 is 0 Å². The van der Waals surface area contributed by atoms with Crippen LogP contribution in [0.3, 0.4) is 0 Å². The van der Waals surface area contributed by atoms with Gasteiger partial charge in [0.05, 0.1) is 18.8 Å². The molecule has 0 radical (unpaired) electrons. The molecule has 0 saturated carbocycles. The Morgan fingerprint density at radius 2 is 2.05 bits per heavy atom. The lowest BCUT2D eigenvalue weighted by Crippen LogP contribution is -2.53. The van der Waals surface area contributed by atoms with Gasteiger partial charge in [0.2, 0.25) is 0 Å². The molecule has 3 N–H and O–H groups in total. The molecule has 2 atom stereocenters. The van der Waals surface area contributed by atoms with Gasteiger partial charge in [-0.3, -0.25) is 11.3 Å². The quantitative estimate of drug-likeness (QED) is 0.587. The maximum Gasteiger partial charge on any atom is 0.122 e. The first-order valence-electron chi connectivity index (χ1n) is 6.65. The molecule has 0 bridgehead atoms. The third-order valence-electron chi connectivity index (χ3n) is 3.97. The van der Waals surface area contributed by atoms with Gasteiger partial charge in [-0.1, -0.05) is 24.6 Å². The number of rotatable bonds is 7. The molecule has 108 valence electrons. The first-order chi connectivity index (χ1) is 9.00. The van der Waals surface area contributed by atoms with Crippen LogP contribution in [-0.2, 0) is 11.2 Å². The molecule has 0 amide bonds. The van der Waals surface area contributed by atoms with Crippen molar-refractivity contribution in [2.45, 2.75) is 45.3 Å². The van der Waals surface area contributed by atoms with Gasteiger partial charge in [0.15, 0.2) is 0 Å². The van der Waals surface area contributed by atoms with E-state index in [4.69, 9.17) is 15.3 Å². The minimum Gasteiger partial charge on any atom is -0.496 e. The van der Waals surface area contributed by atoms with Crippen LogP contribution in [0, 0.1) is 6.92 Å². The van der Waals surface area contributed by atoms with Crippen LogP contribution in [0.4, 0.5) is 0 Å². The second-order valence-electron chi connectivity index (χ2n) is 5.11. The van der Waals surface area contributed by atoms with Crippen LogP contribution < -0.4 is 16.0 Å². The summed E-state index contributed by atoms with van der Waals surface area (Å²) in [6, 6.07) is 6.20. The highest BCUT2D eigenvalue weighted by atomic mass is 16.5. The van der Waals surface area contributed by atoms with Crippen molar-refractivity contribution < 1.29 is 9.47 Å². The maximum absolute atomic E-state index is 5.72. The molecule has 1 rings (SSSR count). The summed E-state index contributed by atoms with van der Waals surface area (Å²) in [5.41, 5.74) is 4.93. The summed E-state index contributed by atoms with van der Waals surface area (Å²) >= 11 is 0. The van der Waals surface area contributed by atoms with Crippen LogP contribution in [0.25, 0.3) is 0 Å². The fraction of sp³-hybridized carbons (Fsp3) is 0.600. The Bertz CT molecular complexity index is 403. The fourth-order valence-electron chi connectivity index (χ4n) is 2.27. The van der Waals surface area contributed by atoms with E-state index < -0.39 is 0 Å². The van der Waals surface area contributed by atoms with E-state index in [1.807, 2.05) is 12.1 Å². The Hall–Kier alpha value is -1.10. The van der Waals surface area contributed by atoms with E-state index in [2.05, 4.69) is 32.3 Å². The van der Waals surface area contributed by atoms with Gasteiger partial charge in [0.25, 0.3) is 0 Å². The second-order valence-corrected chi connectivity index (χ2v) is 5.11. The van der Waals surface area contributed by atoms with Crippen LogP contribution in [0.2, 0.25) is 0 Å². The Morgan fingerprint density at radius 1 is 1.37 bits per heavy atom. The lowest BCUT2D eigenvalue weighted by atomic mass is 9.88. The fourth-order valence-corrected chi connectivity index (χ4v) is 2.27. The second kappa shape index (κ2) is 6.89. The van der Waals surface area contributed by atoms with Crippen LogP contribution in [-0.4, -0.2) is 25.9 Å². The Balaban J connectivity index is 3.01. The van der Waals surface area contributed by atoms with Crippen molar-refractivity contribution in [1.29, 1.82) is 0 Å². The first kappa shape index (κ1) is 16.0. The molecule has 0 aliphatic heterocycles. The Kier molecular flexibility index (Phi) is 5.79. The first-order valence-corrected chi connectivity index (χ1v) is 6.65. The number of methoxy groups -OCH3 is 2. The van der Waals surface area contributed by atoms with E-state index in [1.54, 1.807) is 14.2 Å². The number of ether oxygens (including phenoxy) is 2. The summed E-state index contributed by atoms with van der Waals surface area (Å²) in [6.45, 7) is 6.24. The van der Waals surface area contributed by atoms with Crippen molar-refractivity contribution in [2.24, 2.45) is 5.84 Å². The molecule has 1 aromatic carbocycles. The average Bonchev–Trinajstić information content (AvgIpc) is 2.44. The van der Waals surface area contributed by atoms with E-state index in [1.165, 1.54) is 5.56 Å². The van der Waals surface area contributed by atoms with Crippen molar-refractivity contribution in [2.75, 3.05) is 14.2 Å². The van der Waals surface area contributed by atoms with Crippen LogP contribution in [0.15, 0.2) is 18.2 Å². The standard InChI is InChI=1S/C15H26N2O2/c1-6-15(3,19-5)14(17-16)10-12-9-11(2)7-8-13(12)18-4/h7-9,14,17H,6,10,16H2,1-5H3. The van der Waals surface area contributed by atoms with Gasteiger partial charge < -0.3 is 9.47 Å². The number of hydrogen-bond donors (Lipinski definition) is 2. The summed E-state index contributed by atoms with van der Waals surface area (Å²) in [4.78, 5) is 0. The van der Waals surface area contributed by atoms with Crippen molar-refractivity contribution in [1.82, 2.24) is 5.43 Å². The highest BCUT2D eigenvalue weighted by Crippen LogP contribution is 2.26. The summed E-state index contributed by atoms with van der Waals surface area (Å²) in [7, 11) is 3.41. The van der Waals surface area contributed by atoms with Crippen LogP contribution >= 0.6 is 0 Å². The maximum atomic E-state index is 5.72. The number of benzene rings is 1. The number of nitrogens with two attached hydrogens (primary N) is 1. The molecule has 0 fully saturated rings. The van der Waals surface area contributed by atoms with Gasteiger partial charge >= 0.3 is 0 Å². The molecular formula is C15H26N2O2.